The zero-order valence-electron chi connectivity index (χ0n) is 20.0. The highest BCUT2D eigenvalue weighted by Gasteiger charge is 2.60. The number of hydrogen-bond acceptors (Lipinski definition) is 6. The van der Waals surface area contributed by atoms with E-state index in [1.807, 2.05) is 13.8 Å². The van der Waals surface area contributed by atoms with Crippen molar-refractivity contribution in [3.8, 4) is 5.82 Å². The van der Waals surface area contributed by atoms with E-state index in [0.29, 0.717) is 10.2 Å². The molecule has 0 radical (unpaired) electrons. The van der Waals surface area contributed by atoms with Gasteiger partial charge in [-0.1, -0.05) is 13.8 Å². The number of nitrogens with one attached hydrogen (secondary N) is 1. The molecule has 4 aromatic rings. The number of alkyl halides is 5. The molecule has 0 bridgehead atoms. The van der Waals surface area contributed by atoms with Crippen molar-refractivity contribution in [3.05, 3.63) is 53.6 Å². The number of carbonyl (C=O) groups excluding carboxylic acids is 1. The Morgan fingerprint density at radius 3 is 2.47 bits per heavy atom. The highest BCUT2D eigenvalue weighted by atomic mass is 19.4. The van der Waals surface area contributed by atoms with Crippen LogP contribution in [0.25, 0.3) is 11.5 Å². The Kier molecular flexibility index (Phi) is 5.79. The molecule has 0 saturated heterocycles. The number of hydrogen-bond donors (Lipinski definition) is 1. The van der Waals surface area contributed by atoms with Gasteiger partial charge in [0, 0.05) is 12.6 Å². The summed E-state index contributed by atoms with van der Waals surface area (Å²) in [7, 11) is 0. The number of rotatable bonds is 4. The number of aromatic nitrogens is 7. The highest BCUT2D eigenvalue weighted by molar-refractivity contribution is 6.03. The van der Waals surface area contributed by atoms with Gasteiger partial charge in [0.05, 0.1) is 46.9 Å². The van der Waals surface area contributed by atoms with E-state index in [2.05, 4.69) is 30.6 Å². The monoisotopic (exact) mass is 539 g/mol. The van der Waals surface area contributed by atoms with E-state index in [1.54, 1.807) is 0 Å². The SMILES string of the molecule is CC(C)c1cnn(-c2ncc(NC(=O)N3C[C@@](C)(C(F)(F)F)c4c3cnc3cc(F)nn43)cc2C(F)F)n1. The number of halogens is 6. The van der Waals surface area contributed by atoms with Crippen LogP contribution in [0.15, 0.2) is 30.7 Å². The van der Waals surface area contributed by atoms with Crippen LogP contribution >= 0.6 is 0 Å². The lowest BCUT2D eigenvalue weighted by Crippen LogP contribution is -2.46. The first-order valence-electron chi connectivity index (χ1n) is 11.2. The van der Waals surface area contributed by atoms with Gasteiger partial charge < -0.3 is 5.32 Å². The van der Waals surface area contributed by atoms with Crippen molar-refractivity contribution in [1.29, 1.82) is 0 Å². The Morgan fingerprint density at radius 1 is 1.11 bits per heavy atom. The Labute approximate surface area is 210 Å². The lowest BCUT2D eigenvalue weighted by atomic mass is 9.88. The van der Waals surface area contributed by atoms with E-state index >= 15 is 0 Å². The van der Waals surface area contributed by atoms with Crippen molar-refractivity contribution < 1.29 is 31.1 Å². The number of amides is 2. The zero-order valence-corrected chi connectivity index (χ0v) is 20.0. The summed E-state index contributed by atoms with van der Waals surface area (Å²) >= 11 is 0. The van der Waals surface area contributed by atoms with Crippen molar-refractivity contribution in [2.45, 2.75) is 44.7 Å². The largest absolute Gasteiger partial charge is 0.401 e. The summed E-state index contributed by atoms with van der Waals surface area (Å²) in [5.41, 5.74) is -3.81. The summed E-state index contributed by atoms with van der Waals surface area (Å²) in [5, 5.41) is 13.9. The van der Waals surface area contributed by atoms with Crippen LogP contribution in [-0.4, -0.2) is 53.3 Å². The first kappa shape index (κ1) is 25.4. The molecule has 16 heteroatoms. The third kappa shape index (κ3) is 3.99. The molecule has 200 valence electrons. The molecule has 0 spiro atoms. The number of urea groups is 1. The fourth-order valence-corrected chi connectivity index (χ4v) is 4.20. The van der Waals surface area contributed by atoms with Gasteiger partial charge in [-0.3, -0.25) is 4.90 Å². The Balaban J connectivity index is 1.50. The van der Waals surface area contributed by atoms with E-state index in [4.69, 9.17) is 0 Å². The topological polar surface area (TPSA) is 106 Å². The molecule has 38 heavy (non-hydrogen) atoms. The summed E-state index contributed by atoms with van der Waals surface area (Å²) in [6.07, 6.45) is -4.41. The molecule has 5 rings (SSSR count). The van der Waals surface area contributed by atoms with Gasteiger partial charge in [-0.15, -0.1) is 9.90 Å². The second-order valence-corrected chi connectivity index (χ2v) is 9.23. The van der Waals surface area contributed by atoms with Crippen molar-refractivity contribution in [2.75, 3.05) is 16.8 Å². The summed E-state index contributed by atoms with van der Waals surface area (Å²) in [6.45, 7) is 3.66. The number of carbonyl (C=O) groups is 1. The van der Waals surface area contributed by atoms with Crippen LogP contribution in [0.3, 0.4) is 0 Å². The molecule has 1 aliphatic heterocycles. The zero-order chi connectivity index (χ0) is 27.6. The first-order valence-corrected chi connectivity index (χ1v) is 11.2. The minimum Gasteiger partial charge on any atom is -0.306 e. The molecule has 1 aliphatic rings. The van der Waals surface area contributed by atoms with Crippen molar-refractivity contribution >= 4 is 23.1 Å². The molecule has 0 unspecified atom stereocenters. The molecule has 0 aliphatic carbocycles. The van der Waals surface area contributed by atoms with Crippen LogP contribution in [-0.2, 0) is 5.41 Å². The third-order valence-corrected chi connectivity index (χ3v) is 6.26. The van der Waals surface area contributed by atoms with Gasteiger partial charge >= 0.3 is 12.2 Å². The summed E-state index contributed by atoms with van der Waals surface area (Å²) in [6, 6.07) is 0.729. The van der Waals surface area contributed by atoms with E-state index in [-0.39, 0.29) is 28.8 Å². The van der Waals surface area contributed by atoms with E-state index in [9.17, 15) is 31.1 Å². The van der Waals surface area contributed by atoms with Crippen LogP contribution in [0, 0.1) is 5.95 Å². The molecule has 4 aromatic heterocycles. The smallest absolute Gasteiger partial charge is 0.306 e. The normalized spacial score (nSPS) is 17.6. The average Bonchev–Trinajstić information content (AvgIpc) is 3.54. The van der Waals surface area contributed by atoms with E-state index in [1.165, 1.54) is 6.20 Å². The summed E-state index contributed by atoms with van der Waals surface area (Å²) < 4.78 is 84.8. The number of pyridine rings is 1. The number of nitrogens with zero attached hydrogens (tertiary/aromatic N) is 8. The van der Waals surface area contributed by atoms with Crippen LogP contribution in [0.1, 0.15) is 50.1 Å². The third-order valence-electron chi connectivity index (χ3n) is 6.26. The Morgan fingerprint density at radius 2 is 1.84 bits per heavy atom. The van der Waals surface area contributed by atoms with Crippen molar-refractivity contribution in [3.63, 3.8) is 0 Å². The molecule has 0 saturated carbocycles. The van der Waals surface area contributed by atoms with E-state index in [0.717, 1.165) is 41.1 Å². The minimum atomic E-state index is -4.86. The van der Waals surface area contributed by atoms with Gasteiger partial charge in [0.15, 0.2) is 11.5 Å². The predicted octanol–water partition coefficient (Wildman–Crippen LogP) is 4.78. The van der Waals surface area contributed by atoms with Crippen LogP contribution in [0.2, 0.25) is 0 Å². The maximum atomic E-state index is 14.2. The summed E-state index contributed by atoms with van der Waals surface area (Å²) in [4.78, 5) is 22.7. The van der Waals surface area contributed by atoms with Crippen LogP contribution in [0.4, 0.5) is 42.5 Å². The molecular weight excluding hydrogens is 520 g/mol. The number of fused-ring (bicyclic) bond motifs is 3. The van der Waals surface area contributed by atoms with Crippen LogP contribution < -0.4 is 10.2 Å². The molecule has 0 aromatic carbocycles. The lowest BCUT2D eigenvalue weighted by Gasteiger charge is -2.28. The molecule has 1 N–H and O–H groups in total. The Bertz CT molecular complexity index is 1550. The molecular formula is C22H19F6N9O. The predicted molar refractivity (Wildman–Crippen MR) is 121 cm³/mol. The maximum absolute atomic E-state index is 14.2. The molecule has 10 nitrogen and oxygen atoms in total. The maximum Gasteiger partial charge on any atom is 0.401 e. The van der Waals surface area contributed by atoms with Gasteiger partial charge in [-0.05, 0) is 18.9 Å². The second-order valence-electron chi connectivity index (χ2n) is 9.23. The fourth-order valence-electron chi connectivity index (χ4n) is 4.20. The summed E-state index contributed by atoms with van der Waals surface area (Å²) in [5.74, 6) is -1.33. The van der Waals surface area contributed by atoms with Gasteiger partial charge in [0.25, 0.3) is 6.43 Å². The second kappa shape index (κ2) is 8.66. The first-order chi connectivity index (χ1) is 17.8. The van der Waals surface area contributed by atoms with E-state index < -0.39 is 47.8 Å². The van der Waals surface area contributed by atoms with Gasteiger partial charge in [0.2, 0.25) is 5.95 Å². The standard InChI is InChI=1S/C22H19F6N9O/c1-10(2)13-7-31-37(33-13)19-12(18(24)25)4-11(6-30-19)32-20(38)35-9-21(3,22(26,27)28)17-14(35)8-29-16-5-15(23)34-36(16)17/h4-8,10,18H,9H2,1-3H3,(H,32,38)/t21-/m1/s1. The number of anilines is 2. The molecule has 0 fully saturated rings. The van der Waals surface area contributed by atoms with Gasteiger partial charge in [-0.25, -0.2) is 28.1 Å². The molecule has 5 heterocycles. The fraction of sp³-hybridized carbons (Fsp3) is 0.364. The average molecular weight is 539 g/mol. The van der Waals surface area contributed by atoms with Crippen molar-refractivity contribution in [2.24, 2.45) is 0 Å². The van der Waals surface area contributed by atoms with Gasteiger partial charge in [0.1, 0.15) is 5.41 Å². The Hall–Kier alpha value is -4.24. The highest BCUT2D eigenvalue weighted by Crippen LogP contribution is 2.49. The molecule has 2 amide bonds. The quantitative estimate of drug-likeness (QED) is 0.375. The van der Waals surface area contributed by atoms with Crippen molar-refractivity contribution in [1.82, 2.24) is 34.6 Å². The molecule has 1 atom stereocenters. The minimum absolute atomic E-state index is 0.0167. The lowest BCUT2D eigenvalue weighted by molar-refractivity contribution is -0.181. The van der Waals surface area contributed by atoms with Crippen LogP contribution in [0.5, 0.6) is 0 Å². The van der Waals surface area contributed by atoms with Gasteiger partial charge in [-0.2, -0.15) is 27.8 Å².